The van der Waals surface area contributed by atoms with Gasteiger partial charge in [0.1, 0.15) is 0 Å². The number of anilines is 2. The van der Waals surface area contributed by atoms with Crippen molar-refractivity contribution in [3.05, 3.63) is 59.2 Å². The van der Waals surface area contributed by atoms with Crippen LogP contribution in [0.4, 0.5) is 11.4 Å². The zero-order chi connectivity index (χ0) is 18.1. The lowest BCUT2D eigenvalue weighted by Crippen LogP contribution is -2.23. The molecule has 136 valence electrons. The molecule has 2 heteroatoms. The molecule has 2 aromatic rings. The van der Waals surface area contributed by atoms with Gasteiger partial charge in [-0.2, -0.15) is 0 Å². The van der Waals surface area contributed by atoms with E-state index in [2.05, 4.69) is 80.4 Å². The van der Waals surface area contributed by atoms with E-state index in [1.54, 1.807) is 0 Å². The number of hydrogen-bond acceptors (Lipinski definition) is 2. The van der Waals surface area contributed by atoms with E-state index in [0.717, 1.165) is 0 Å². The number of hydrogen-bond donors (Lipinski definition) is 1. The first-order valence-corrected chi connectivity index (χ1v) is 9.78. The minimum absolute atomic E-state index is 1.17. The van der Waals surface area contributed by atoms with Crippen LogP contribution in [0.2, 0.25) is 0 Å². The van der Waals surface area contributed by atoms with Crippen LogP contribution in [0, 0.1) is 13.8 Å². The van der Waals surface area contributed by atoms with Gasteiger partial charge >= 0.3 is 0 Å². The molecule has 25 heavy (non-hydrogen) atoms. The molecule has 1 N–H and O–H groups in total. The summed E-state index contributed by atoms with van der Waals surface area (Å²) in [6.45, 7) is 12.4. The first kappa shape index (κ1) is 19.5. The van der Waals surface area contributed by atoms with Crippen molar-refractivity contribution in [2.45, 2.75) is 53.4 Å². The van der Waals surface area contributed by atoms with Crippen molar-refractivity contribution in [2.75, 3.05) is 25.0 Å². The third-order valence-corrected chi connectivity index (χ3v) is 5.04. The van der Waals surface area contributed by atoms with Gasteiger partial charge in [-0.15, -0.1) is 0 Å². The van der Waals surface area contributed by atoms with Crippen molar-refractivity contribution < 1.29 is 0 Å². The predicted octanol–water partition coefficient (Wildman–Crippen LogP) is 6.10. The summed E-state index contributed by atoms with van der Waals surface area (Å²) in [5, 5.41) is 3.56. The summed E-state index contributed by atoms with van der Waals surface area (Å²) in [7, 11) is 0. The van der Waals surface area contributed by atoms with Gasteiger partial charge in [0.05, 0.1) is 0 Å². The van der Waals surface area contributed by atoms with E-state index >= 15 is 0 Å². The Bertz CT molecular complexity index is 644. The van der Waals surface area contributed by atoms with Crippen molar-refractivity contribution in [3.63, 3.8) is 0 Å². The lowest BCUT2D eigenvalue weighted by molar-refractivity contribution is 0.296. The van der Waals surface area contributed by atoms with Crippen LogP contribution in [0.3, 0.4) is 0 Å². The average Bonchev–Trinajstić information content (AvgIpc) is 2.62. The summed E-state index contributed by atoms with van der Waals surface area (Å²) in [6, 6.07) is 15.3. The van der Waals surface area contributed by atoms with Gasteiger partial charge in [0.15, 0.2) is 0 Å². The van der Waals surface area contributed by atoms with Crippen molar-refractivity contribution in [3.8, 4) is 0 Å². The Morgan fingerprint density at radius 2 is 1.52 bits per heavy atom. The Hall–Kier alpha value is -1.80. The topological polar surface area (TPSA) is 15.3 Å². The number of nitrogens with one attached hydrogen (secondary N) is 1. The Morgan fingerprint density at radius 3 is 2.20 bits per heavy atom. The highest BCUT2D eigenvalue weighted by Gasteiger charge is 2.03. The van der Waals surface area contributed by atoms with Crippen molar-refractivity contribution >= 4 is 11.4 Å². The summed E-state index contributed by atoms with van der Waals surface area (Å²) < 4.78 is 0. The predicted molar refractivity (Wildman–Crippen MR) is 111 cm³/mol. The van der Waals surface area contributed by atoms with Gasteiger partial charge in [0.2, 0.25) is 0 Å². The monoisotopic (exact) mass is 338 g/mol. The van der Waals surface area contributed by atoms with Crippen LogP contribution in [-0.2, 0) is 6.42 Å². The second-order valence-corrected chi connectivity index (χ2v) is 6.93. The molecular weight excluding hydrogens is 304 g/mol. The molecular formula is C23H34N2. The molecule has 2 rings (SSSR count). The molecule has 0 aliphatic rings. The molecule has 0 unspecified atom stereocenters. The van der Waals surface area contributed by atoms with Crippen LogP contribution in [0.15, 0.2) is 42.5 Å². The molecule has 0 saturated heterocycles. The lowest BCUT2D eigenvalue weighted by Gasteiger charge is -2.17. The maximum Gasteiger partial charge on any atom is 0.0414 e. The zero-order valence-electron chi connectivity index (χ0n) is 16.4. The van der Waals surface area contributed by atoms with E-state index in [0.29, 0.717) is 0 Å². The van der Waals surface area contributed by atoms with E-state index in [4.69, 9.17) is 0 Å². The Morgan fingerprint density at radius 1 is 0.800 bits per heavy atom. The zero-order valence-corrected chi connectivity index (χ0v) is 16.4. The third kappa shape index (κ3) is 6.21. The van der Waals surface area contributed by atoms with Gasteiger partial charge in [-0.25, -0.2) is 0 Å². The van der Waals surface area contributed by atoms with E-state index in [1.165, 1.54) is 73.4 Å². The van der Waals surface area contributed by atoms with Gasteiger partial charge in [-0.3, -0.25) is 0 Å². The Kier molecular flexibility index (Phi) is 8.00. The van der Waals surface area contributed by atoms with Gasteiger partial charge in [-0.05, 0) is 81.6 Å². The molecule has 2 nitrogen and oxygen atoms in total. The molecule has 0 saturated carbocycles. The highest BCUT2D eigenvalue weighted by atomic mass is 15.1. The summed E-state index contributed by atoms with van der Waals surface area (Å²) >= 11 is 0. The van der Waals surface area contributed by atoms with Crippen LogP contribution in [-0.4, -0.2) is 24.5 Å². The van der Waals surface area contributed by atoms with Crippen LogP contribution >= 0.6 is 0 Å². The Labute approximate surface area is 154 Å². The summed E-state index contributed by atoms with van der Waals surface area (Å²) in [6.07, 6.45) is 5.10. The smallest absolute Gasteiger partial charge is 0.0414 e. The number of nitrogens with zero attached hydrogens (tertiary/aromatic N) is 1. The molecule has 0 spiro atoms. The normalized spacial score (nSPS) is 11.1. The first-order valence-electron chi connectivity index (χ1n) is 9.78. The molecule has 0 aliphatic heterocycles. The highest BCUT2D eigenvalue weighted by molar-refractivity contribution is 5.65. The highest BCUT2D eigenvalue weighted by Crippen LogP contribution is 2.24. The second kappa shape index (κ2) is 10.2. The van der Waals surface area contributed by atoms with Crippen LogP contribution < -0.4 is 5.32 Å². The van der Waals surface area contributed by atoms with Gasteiger partial charge < -0.3 is 10.2 Å². The maximum absolute atomic E-state index is 3.56. The minimum atomic E-state index is 1.17. The fourth-order valence-electron chi connectivity index (χ4n) is 3.26. The third-order valence-electron chi connectivity index (χ3n) is 5.04. The van der Waals surface area contributed by atoms with Crippen LogP contribution in [0.5, 0.6) is 0 Å². The minimum Gasteiger partial charge on any atom is -0.355 e. The number of rotatable bonds is 10. The molecule has 0 radical (unpaired) electrons. The van der Waals surface area contributed by atoms with Gasteiger partial charge in [0, 0.05) is 11.4 Å². The lowest BCUT2D eigenvalue weighted by atomic mass is 10.0. The average molecular weight is 339 g/mol. The number of benzene rings is 2. The summed E-state index contributed by atoms with van der Waals surface area (Å²) in [5.41, 5.74) is 6.45. The van der Waals surface area contributed by atoms with Crippen LogP contribution in [0.1, 0.15) is 49.8 Å². The fraction of sp³-hybridized carbons (Fsp3) is 0.478. The van der Waals surface area contributed by atoms with Crippen molar-refractivity contribution in [2.24, 2.45) is 0 Å². The first-order chi connectivity index (χ1) is 12.1. The fourth-order valence-corrected chi connectivity index (χ4v) is 3.26. The largest absolute Gasteiger partial charge is 0.355 e. The molecule has 0 fully saturated rings. The molecule has 0 amide bonds. The molecule has 2 aromatic carbocycles. The summed E-state index contributed by atoms with van der Waals surface area (Å²) in [4.78, 5) is 2.51. The molecule has 0 bridgehead atoms. The van der Waals surface area contributed by atoms with E-state index in [1.807, 2.05) is 0 Å². The van der Waals surface area contributed by atoms with Crippen LogP contribution in [0.25, 0.3) is 0 Å². The van der Waals surface area contributed by atoms with E-state index < -0.39 is 0 Å². The van der Waals surface area contributed by atoms with Crippen molar-refractivity contribution in [1.82, 2.24) is 4.90 Å². The molecule has 0 heterocycles. The van der Waals surface area contributed by atoms with E-state index in [-0.39, 0.29) is 0 Å². The SMILES string of the molecule is CCN(CC)CCCCCc1ccc(Nc2ccccc2C)c(C)c1. The number of aryl methyl sites for hydroxylation is 3. The van der Waals surface area contributed by atoms with Gasteiger partial charge in [-0.1, -0.05) is 50.6 Å². The van der Waals surface area contributed by atoms with Gasteiger partial charge in [0.25, 0.3) is 0 Å². The summed E-state index contributed by atoms with van der Waals surface area (Å²) in [5.74, 6) is 0. The Balaban J connectivity index is 1.82. The quantitative estimate of drug-likeness (QED) is 0.526. The standard InChI is InChI=1S/C23H34N2/c1-5-25(6-2)17-11-7-8-13-21-15-16-23(20(4)18-21)24-22-14-10-9-12-19(22)3/h9-10,12,14-16,18,24H,5-8,11,13,17H2,1-4H3. The van der Waals surface area contributed by atoms with E-state index in [9.17, 15) is 0 Å². The maximum atomic E-state index is 3.56. The van der Waals surface area contributed by atoms with Crippen molar-refractivity contribution in [1.29, 1.82) is 0 Å². The number of unbranched alkanes of at least 4 members (excludes halogenated alkanes) is 2. The molecule has 0 atom stereocenters. The molecule has 0 aliphatic carbocycles. The number of para-hydroxylation sites is 1. The second-order valence-electron chi connectivity index (χ2n) is 6.93. The molecule has 0 aromatic heterocycles.